The maximum Gasteiger partial charge on any atom is 0.225 e. The molecule has 0 bridgehead atoms. The van der Waals surface area contributed by atoms with Gasteiger partial charge in [-0.1, -0.05) is 44.2 Å². The molecule has 0 saturated carbocycles. The first-order valence-corrected chi connectivity index (χ1v) is 7.12. The van der Waals surface area contributed by atoms with Crippen molar-refractivity contribution in [1.29, 1.82) is 0 Å². The van der Waals surface area contributed by atoms with Crippen LogP contribution in [0.2, 0.25) is 0 Å². The van der Waals surface area contributed by atoms with Crippen LogP contribution in [0.5, 0.6) is 0 Å². The summed E-state index contributed by atoms with van der Waals surface area (Å²) < 4.78 is 0. The highest BCUT2D eigenvalue weighted by Gasteiger charge is 2.19. The van der Waals surface area contributed by atoms with E-state index >= 15 is 0 Å². The zero-order valence-corrected chi connectivity index (χ0v) is 12.4. The largest absolute Gasteiger partial charge is 0.384 e. The van der Waals surface area contributed by atoms with E-state index < -0.39 is 0 Å². The summed E-state index contributed by atoms with van der Waals surface area (Å²) in [6.45, 7) is 4.27. The number of pyridine rings is 1. The molecule has 0 spiro atoms. The van der Waals surface area contributed by atoms with Gasteiger partial charge in [-0.2, -0.15) is 0 Å². The molecule has 2 rings (SSSR count). The van der Waals surface area contributed by atoms with Crippen LogP contribution in [-0.4, -0.2) is 10.9 Å². The number of carbonyl (C=O) groups excluding carboxylic acids is 1. The van der Waals surface area contributed by atoms with Gasteiger partial charge in [0.2, 0.25) is 5.91 Å². The zero-order valence-electron chi connectivity index (χ0n) is 12.4. The highest BCUT2D eigenvalue weighted by atomic mass is 16.1. The van der Waals surface area contributed by atoms with Gasteiger partial charge in [-0.3, -0.25) is 4.79 Å². The highest BCUT2D eigenvalue weighted by Crippen LogP contribution is 2.28. The minimum atomic E-state index is -0.0101. The van der Waals surface area contributed by atoms with Gasteiger partial charge in [-0.25, -0.2) is 4.98 Å². The van der Waals surface area contributed by atoms with Crippen LogP contribution in [0.3, 0.4) is 0 Å². The van der Waals surface area contributed by atoms with Crippen LogP contribution in [0.4, 0.5) is 11.5 Å². The molecule has 21 heavy (non-hydrogen) atoms. The number of carbonyl (C=O) groups is 1. The van der Waals surface area contributed by atoms with Crippen molar-refractivity contribution in [3.63, 3.8) is 0 Å². The molecule has 0 fully saturated rings. The number of nitrogen functional groups attached to an aromatic ring is 1. The molecule has 0 aliphatic rings. The minimum absolute atomic E-state index is 0.0101. The van der Waals surface area contributed by atoms with E-state index in [1.54, 1.807) is 18.3 Å². The standard InChI is InChI=1S/C17H21N3O/c1-12(2)15(13-6-4-3-5-7-13)10-17(21)20-14-8-9-16(18)19-11-14/h3-9,11-12,15H,10H2,1-2H3,(H2,18,19)(H,20,21). The Morgan fingerprint density at radius 1 is 1.19 bits per heavy atom. The van der Waals surface area contributed by atoms with Crippen molar-refractivity contribution in [3.8, 4) is 0 Å². The van der Waals surface area contributed by atoms with Crippen molar-refractivity contribution in [2.45, 2.75) is 26.2 Å². The zero-order chi connectivity index (χ0) is 15.2. The van der Waals surface area contributed by atoms with E-state index in [4.69, 9.17) is 5.73 Å². The number of rotatable bonds is 5. The Kier molecular flexibility index (Phi) is 4.93. The Bertz CT molecular complexity index is 579. The van der Waals surface area contributed by atoms with Gasteiger partial charge in [0, 0.05) is 6.42 Å². The Morgan fingerprint density at radius 3 is 2.48 bits per heavy atom. The van der Waals surface area contributed by atoms with E-state index in [2.05, 4.69) is 36.3 Å². The van der Waals surface area contributed by atoms with Crippen LogP contribution < -0.4 is 11.1 Å². The Balaban J connectivity index is 2.03. The topological polar surface area (TPSA) is 68.0 Å². The molecule has 4 nitrogen and oxygen atoms in total. The van der Waals surface area contributed by atoms with Crippen molar-refractivity contribution in [2.75, 3.05) is 11.1 Å². The first-order chi connectivity index (χ1) is 10.1. The molecule has 2 aromatic rings. The predicted molar refractivity (Wildman–Crippen MR) is 85.9 cm³/mol. The number of benzene rings is 1. The van der Waals surface area contributed by atoms with Gasteiger partial charge >= 0.3 is 0 Å². The molecule has 0 radical (unpaired) electrons. The molecular formula is C17H21N3O. The lowest BCUT2D eigenvalue weighted by molar-refractivity contribution is -0.116. The van der Waals surface area contributed by atoms with Crippen molar-refractivity contribution < 1.29 is 4.79 Å². The van der Waals surface area contributed by atoms with Crippen LogP contribution in [0, 0.1) is 5.92 Å². The van der Waals surface area contributed by atoms with Gasteiger partial charge in [0.15, 0.2) is 0 Å². The van der Waals surface area contributed by atoms with Crippen molar-refractivity contribution in [3.05, 3.63) is 54.2 Å². The molecule has 1 aromatic heterocycles. The van der Waals surface area contributed by atoms with Crippen LogP contribution in [0.25, 0.3) is 0 Å². The number of anilines is 2. The molecular weight excluding hydrogens is 262 g/mol. The van der Waals surface area contributed by atoms with E-state index in [0.29, 0.717) is 23.8 Å². The number of hydrogen-bond acceptors (Lipinski definition) is 3. The fourth-order valence-corrected chi connectivity index (χ4v) is 2.33. The minimum Gasteiger partial charge on any atom is -0.384 e. The maximum atomic E-state index is 12.2. The SMILES string of the molecule is CC(C)C(CC(=O)Nc1ccc(N)nc1)c1ccccc1. The lowest BCUT2D eigenvalue weighted by Crippen LogP contribution is -2.18. The van der Waals surface area contributed by atoms with E-state index in [9.17, 15) is 4.79 Å². The van der Waals surface area contributed by atoms with E-state index in [0.717, 1.165) is 0 Å². The molecule has 1 aromatic carbocycles. The second kappa shape index (κ2) is 6.88. The quantitative estimate of drug-likeness (QED) is 0.883. The van der Waals surface area contributed by atoms with Gasteiger partial charge in [0.1, 0.15) is 5.82 Å². The fourth-order valence-electron chi connectivity index (χ4n) is 2.33. The molecule has 110 valence electrons. The fraction of sp³-hybridized carbons (Fsp3) is 0.294. The Morgan fingerprint density at radius 2 is 1.90 bits per heavy atom. The molecule has 1 amide bonds. The van der Waals surface area contributed by atoms with Gasteiger partial charge in [-0.15, -0.1) is 0 Å². The Labute approximate surface area is 125 Å². The Hall–Kier alpha value is -2.36. The summed E-state index contributed by atoms with van der Waals surface area (Å²) in [5.74, 6) is 1.03. The molecule has 1 atom stereocenters. The number of amides is 1. The number of nitrogens with one attached hydrogen (secondary N) is 1. The first-order valence-electron chi connectivity index (χ1n) is 7.12. The molecule has 1 heterocycles. The van der Waals surface area contributed by atoms with E-state index in [1.807, 2.05) is 18.2 Å². The molecule has 0 aliphatic heterocycles. The summed E-state index contributed by atoms with van der Waals surface area (Å²) in [7, 11) is 0. The average Bonchev–Trinajstić information content (AvgIpc) is 2.48. The average molecular weight is 283 g/mol. The number of hydrogen-bond donors (Lipinski definition) is 2. The molecule has 4 heteroatoms. The molecule has 0 saturated heterocycles. The van der Waals surface area contributed by atoms with Crippen molar-refractivity contribution in [2.24, 2.45) is 5.92 Å². The third kappa shape index (κ3) is 4.31. The summed E-state index contributed by atoms with van der Waals surface area (Å²) >= 11 is 0. The van der Waals surface area contributed by atoms with E-state index in [-0.39, 0.29) is 11.8 Å². The summed E-state index contributed by atoms with van der Waals surface area (Å²) in [5, 5.41) is 2.87. The lowest BCUT2D eigenvalue weighted by Gasteiger charge is -2.21. The first kappa shape index (κ1) is 15.0. The summed E-state index contributed by atoms with van der Waals surface area (Å²) in [6, 6.07) is 13.6. The van der Waals surface area contributed by atoms with Crippen LogP contribution >= 0.6 is 0 Å². The third-order valence-corrected chi connectivity index (χ3v) is 3.51. The number of nitrogens with two attached hydrogens (primary N) is 1. The van der Waals surface area contributed by atoms with Crippen LogP contribution in [-0.2, 0) is 4.79 Å². The van der Waals surface area contributed by atoms with Gasteiger partial charge < -0.3 is 11.1 Å². The van der Waals surface area contributed by atoms with Crippen LogP contribution in [0.15, 0.2) is 48.7 Å². The van der Waals surface area contributed by atoms with Crippen molar-refractivity contribution >= 4 is 17.4 Å². The predicted octanol–water partition coefficient (Wildman–Crippen LogP) is 3.43. The normalized spacial score (nSPS) is 12.1. The molecule has 3 N–H and O–H groups in total. The number of nitrogens with zero attached hydrogens (tertiary/aromatic N) is 1. The third-order valence-electron chi connectivity index (χ3n) is 3.51. The van der Waals surface area contributed by atoms with E-state index in [1.165, 1.54) is 5.56 Å². The van der Waals surface area contributed by atoms with Gasteiger partial charge in [0.05, 0.1) is 11.9 Å². The summed E-state index contributed by atoms with van der Waals surface area (Å²) in [5.41, 5.74) is 7.39. The molecule has 1 unspecified atom stereocenters. The summed E-state index contributed by atoms with van der Waals surface area (Å²) in [6.07, 6.45) is 2.02. The van der Waals surface area contributed by atoms with Gasteiger partial charge in [-0.05, 0) is 29.5 Å². The maximum absolute atomic E-state index is 12.2. The number of aromatic nitrogens is 1. The second-order valence-electron chi connectivity index (χ2n) is 5.49. The van der Waals surface area contributed by atoms with Gasteiger partial charge in [0.25, 0.3) is 0 Å². The second-order valence-corrected chi connectivity index (χ2v) is 5.49. The summed E-state index contributed by atoms with van der Waals surface area (Å²) in [4.78, 5) is 16.2. The van der Waals surface area contributed by atoms with Crippen LogP contribution in [0.1, 0.15) is 31.7 Å². The lowest BCUT2D eigenvalue weighted by atomic mass is 9.85. The smallest absolute Gasteiger partial charge is 0.225 e. The van der Waals surface area contributed by atoms with Crippen molar-refractivity contribution in [1.82, 2.24) is 4.98 Å². The molecule has 0 aliphatic carbocycles. The monoisotopic (exact) mass is 283 g/mol. The highest BCUT2D eigenvalue weighted by molar-refractivity contribution is 5.91.